The summed E-state index contributed by atoms with van der Waals surface area (Å²) in [6.07, 6.45) is 3.91. The third-order valence-corrected chi connectivity index (χ3v) is 2.87. The van der Waals surface area contributed by atoms with Crippen molar-refractivity contribution in [2.75, 3.05) is 19.7 Å². The molecule has 0 aromatic heterocycles. The van der Waals surface area contributed by atoms with Gasteiger partial charge in [-0.2, -0.15) is 0 Å². The molecular formula is C14H25NO4. The van der Waals surface area contributed by atoms with Crippen LogP contribution in [0.2, 0.25) is 0 Å². The monoisotopic (exact) mass is 271 g/mol. The summed E-state index contributed by atoms with van der Waals surface area (Å²) in [5.41, 5.74) is -0.475. The number of ether oxygens (including phenoxy) is 2. The highest BCUT2D eigenvalue weighted by atomic mass is 16.6. The highest BCUT2D eigenvalue weighted by molar-refractivity contribution is 5.68. The van der Waals surface area contributed by atoms with Gasteiger partial charge in [0.25, 0.3) is 0 Å². The van der Waals surface area contributed by atoms with Gasteiger partial charge in [0.05, 0.1) is 19.3 Å². The third-order valence-electron chi connectivity index (χ3n) is 2.87. The van der Waals surface area contributed by atoms with Crippen LogP contribution in [-0.4, -0.2) is 48.7 Å². The van der Waals surface area contributed by atoms with Crippen molar-refractivity contribution in [2.24, 2.45) is 0 Å². The van der Waals surface area contributed by atoms with Gasteiger partial charge in [-0.15, -0.1) is 0 Å². The lowest BCUT2D eigenvalue weighted by molar-refractivity contribution is -0.109. The van der Waals surface area contributed by atoms with E-state index in [9.17, 15) is 9.59 Å². The Bertz CT molecular complexity index is 298. The smallest absolute Gasteiger partial charge is 0.410 e. The van der Waals surface area contributed by atoms with Gasteiger partial charge in [-0.3, -0.25) is 0 Å². The molecule has 0 N–H and O–H groups in total. The molecule has 0 aromatic carbocycles. The molecule has 1 aliphatic heterocycles. The van der Waals surface area contributed by atoms with Crippen LogP contribution < -0.4 is 0 Å². The quantitative estimate of drug-likeness (QED) is 0.582. The van der Waals surface area contributed by atoms with Crippen LogP contribution in [0.3, 0.4) is 0 Å². The molecule has 0 aliphatic carbocycles. The van der Waals surface area contributed by atoms with Crippen molar-refractivity contribution in [3.8, 4) is 0 Å². The molecule has 1 saturated heterocycles. The fourth-order valence-electron chi connectivity index (χ4n) is 2.01. The van der Waals surface area contributed by atoms with Crippen LogP contribution >= 0.6 is 0 Å². The molecule has 1 rings (SSSR count). The van der Waals surface area contributed by atoms with E-state index in [1.165, 1.54) is 0 Å². The van der Waals surface area contributed by atoms with E-state index in [-0.39, 0.29) is 12.2 Å². The van der Waals surface area contributed by atoms with Gasteiger partial charge in [-0.1, -0.05) is 0 Å². The minimum atomic E-state index is -0.475. The Hall–Kier alpha value is -1.10. The number of aldehydes is 1. The van der Waals surface area contributed by atoms with Crippen molar-refractivity contribution in [2.45, 2.75) is 58.2 Å². The van der Waals surface area contributed by atoms with Crippen LogP contribution in [0.4, 0.5) is 4.79 Å². The molecule has 1 fully saturated rings. The highest BCUT2D eigenvalue weighted by Crippen LogP contribution is 2.17. The predicted octanol–water partition coefficient (Wildman–Crippen LogP) is 2.38. The first kappa shape index (κ1) is 16.0. The second kappa shape index (κ2) is 7.48. The van der Waals surface area contributed by atoms with Crippen LogP contribution in [0.1, 0.15) is 46.5 Å². The first-order valence-electron chi connectivity index (χ1n) is 6.95. The SMILES string of the molecule is CC(C)(C)OC(=O)N1CCCC[C@@H](OCCC=O)C1. The maximum atomic E-state index is 12.0. The molecule has 1 amide bonds. The second-order valence-corrected chi connectivity index (χ2v) is 5.87. The van der Waals surface area contributed by atoms with Crippen molar-refractivity contribution >= 4 is 12.4 Å². The lowest BCUT2D eigenvalue weighted by atomic mass is 10.2. The molecular weight excluding hydrogens is 246 g/mol. The summed E-state index contributed by atoms with van der Waals surface area (Å²) >= 11 is 0. The van der Waals surface area contributed by atoms with Gasteiger partial charge in [-0.25, -0.2) is 4.79 Å². The number of nitrogens with zero attached hydrogens (tertiary/aromatic N) is 1. The average molecular weight is 271 g/mol. The summed E-state index contributed by atoms with van der Waals surface area (Å²) in [5, 5.41) is 0. The Morgan fingerprint density at radius 2 is 2.11 bits per heavy atom. The normalized spacial score (nSPS) is 20.8. The van der Waals surface area contributed by atoms with E-state index in [4.69, 9.17) is 9.47 Å². The first-order chi connectivity index (χ1) is 8.92. The fraction of sp³-hybridized carbons (Fsp3) is 0.857. The Morgan fingerprint density at radius 1 is 1.37 bits per heavy atom. The molecule has 5 nitrogen and oxygen atoms in total. The van der Waals surface area contributed by atoms with Crippen LogP contribution in [0.25, 0.3) is 0 Å². The van der Waals surface area contributed by atoms with Gasteiger partial charge in [0.2, 0.25) is 0 Å². The number of rotatable bonds is 4. The number of carbonyl (C=O) groups is 2. The molecule has 1 heterocycles. The molecule has 1 atom stereocenters. The Kier molecular flexibility index (Phi) is 6.28. The van der Waals surface area contributed by atoms with E-state index >= 15 is 0 Å². The minimum Gasteiger partial charge on any atom is -0.444 e. The molecule has 0 unspecified atom stereocenters. The van der Waals surface area contributed by atoms with E-state index in [1.54, 1.807) is 4.90 Å². The number of amides is 1. The van der Waals surface area contributed by atoms with Crippen molar-refractivity contribution in [1.29, 1.82) is 0 Å². The summed E-state index contributed by atoms with van der Waals surface area (Å²) < 4.78 is 11.0. The van der Waals surface area contributed by atoms with Gasteiger partial charge in [0, 0.05) is 13.0 Å². The molecule has 1 aliphatic rings. The van der Waals surface area contributed by atoms with Crippen LogP contribution in [0, 0.1) is 0 Å². The summed E-state index contributed by atoms with van der Waals surface area (Å²) in [5.74, 6) is 0. The average Bonchev–Trinajstić information content (AvgIpc) is 2.53. The lowest BCUT2D eigenvalue weighted by Crippen LogP contribution is -2.41. The predicted molar refractivity (Wildman–Crippen MR) is 72.1 cm³/mol. The molecule has 0 saturated carbocycles. The van der Waals surface area contributed by atoms with Crippen LogP contribution in [-0.2, 0) is 14.3 Å². The van der Waals surface area contributed by atoms with Gasteiger partial charge in [-0.05, 0) is 40.0 Å². The van der Waals surface area contributed by atoms with Gasteiger partial charge < -0.3 is 19.2 Å². The first-order valence-corrected chi connectivity index (χ1v) is 6.95. The zero-order chi connectivity index (χ0) is 14.3. The number of hydrogen-bond acceptors (Lipinski definition) is 4. The number of carbonyl (C=O) groups excluding carboxylic acids is 2. The number of hydrogen-bond donors (Lipinski definition) is 0. The zero-order valence-corrected chi connectivity index (χ0v) is 12.2. The molecule has 0 radical (unpaired) electrons. The molecule has 0 spiro atoms. The van der Waals surface area contributed by atoms with Crippen molar-refractivity contribution in [1.82, 2.24) is 4.90 Å². The maximum Gasteiger partial charge on any atom is 0.410 e. The summed E-state index contributed by atoms with van der Waals surface area (Å²) in [7, 11) is 0. The molecule has 110 valence electrons. The summed E-state index contributed by atoms with van der Waals surface area (Å²) in [4.78, 5) is 24.0. The molecule has 0 aromatic rings. The number of likely N-dealkylation sites (tertiary alicyclic amines) is 1. The summed E-state index contributed by atoms with van der Waals surface area (Å²) in [6, 6.07) is 0. The Morgan fingerprint density at radius 3 is 2.74 bits per heavy atom. The largest absolute Gasteiger partial charge is 0.444 e. The fourth-order valence-corrected chi connectivity index (χ4v) is 2.01. The summed E-state index contributed by atoms with van der Waals surface area (Å²) in [6.45, 7) is 7.27. The van der Waals surface area contributed by atoms with Crippen molar-refractivity contribution in [3.05, 3.63) is 0 Å². The van der Waals surface area contributed by atoms with Crippen molar-refractivity contribution in [3.63, 3.8) is 0 Å². The molecule has 19 heavy (non-hydrogen) atoms. The standard InChI is InChI=1S/C14H25NO4/c1-14(2,3)19-13(17)15-8-5-4-7-12(11-15)18-10-6-9-16/h9,12H,4-8,10-11H2,1-3H3/t12-/m1/s1. The van der Waals surface area contributed by atoms with E-state index in [1.807, 2.05) is 20.8 Å². The van der Waals surface area contributed by atoms with E-state index < -0.39 is 5.60 Å². The lowest BCUT2D eigenvalue weighted by Gasteiger charge is -2.28. The second-order valence-electron chi connectivity index (χ2n) is 5.87. The Labute approximate surface area is 115 Å². The van der Waals surface area contributed by atoms with E-state index in [0.717, 1.165) is 25.5 Å². The maximum absolute atomic E-state index is 12.0. The van der Waals surface area contributed by atoms with Gasteiger partial charge in [0.1, 0.15) is 11.9 Å². The highest BCUT2D eigenvalue weighted by Gasteiger charge is 2.26. The van der Waals surface area contributed by atoms with Gasteiger partial charge in [0.15, 0.2) is 0 Å². The van der Waals surface area contributed by atoms with Crippen LogP contribution in [0.5, 0.6) is 0 Å². The van der Waals surface area contributed by atoms with E-state index in [0.29, 0.717) is 26.1 Å². The molecule has 0 bridgehead atoms. The van der Waals surface area contributed by atoms with Crippen molar-refractivity contribution < 1.29 is 19.1 Å². The minimum absolute atomic E-state index is 0.00923. The van der Waals surface area contributed by atoms with E-state index in [2.05, 4.69) is 0 Å². The van der Waals surface area contributed by atoms with Gasteiger partial charge >= 0.3 is 6.09 Å². The topological polar surface area (TPSA) is 55.8 Å². The third kappa shape index (κ3) is 6.57. The Balaban J connectivity index is 2.48. The van der Waals surface area contributed by atoms with Crippen LogP contribution in [0.15, 0.2) is 0 Å². The molecule has 5 heteroatoms. The zero-order valence-electron chi connectivity index (χ0n) is 12.2.